The average molecular weight is 286 g/mol. The van der Waals surface area contributed by atoms with Crippen molar-refractivity contribution in [3.63, 3.8) is 0 Å². The van der Waals surface area contributed by atoms with Gasteiger partial charge in [-0.15, -0.1) is 11.3 Å². The van der Waals surface area contributed by atoms with Crippen molar-refractivity contribution in [2.75, 3.05) is 16.8 Å². The summed E-state index contributed by atoms with van der Waals surface area (Å²) in [6, 6.07) is 11.5. The van der Waals surface area contributed by atoms with E-state index < -0.39 is 0 Å². The van der Waals surface area contributed by atoms with Crippen molar-refractivity contribution in [2.45, 2.75) is 13.3 Å². The molecule has 1 aromatic heterocycles. The lowest BCUT2D eigenvalue weighted by Gasteiger charge is -2.16. The Labute approximate surface area is 121 Å². The molecule has 0 radical (unpaired) electrons. The van der Waals surface area contributed by atoms with Gasteiger partial charge in [0.25, 0.3) is 5.91 Å². The summed E-state index contributed by atoms with van der Waals surface area (Å²) < 4.78 is 0. The molecule has 2 aromatic rings. The highest BCUT2D eigenvalue weighted by Gasteiger charge is 2.26. The summed E-state index contributed by atoms with van der Waals surface area (Å²) in [4.78, 5) is 26.0. The molecular weight excluding hydrogens is 272 g/mol. The number of carbonyl (C=O) groups is 2. The van der Waals surface area contributed by atoms with E-state index in [9.17, 15) is 9.59 Å². The fourth-order valence-corrected chi connectivity index (χ4v) is 3.28. The van der Waals surface area contributed by atoms with Gasteiger partial charge in [-0.2, -0.15) is 0 Å². The van der Waals surface area contributed by atoms with Gasteiger partial charge in [-0.1, -0.05) is 18.2 Å². The maximum atomic E-state index is 12.5. The van der Waals surface area contributed by atoms with Crippen molar-refractivity contribution in [3.8, 4) is 0 Å². The lowest BCUT2D eigenvalue weighted by Crippen LogP contribution is -2.28. The Morgan fingerprint density at radius 1 is 1.20 bits per heavy atom. The van der Waals surface area contributed by atoms with Crippen LogP contribution in [0.1, 0.15) is 22.2 Å². The number of amides is 2. The molecule has 0 fully saturated rings. The third kappa shape index (κ3) is 2.32. The number of para-hydroxylation sites is 1. The van der Waals surface area contributed by atoms with Crippen molar-refractivity contribution < 1.29 is 9.59 Å². The largest absolute Gasteiger partial charge is 0.318 e. The first-order valence-corrected chi connectivity index (χ1v) is 7.24. The van der Waals surface area contributed by atoms with Crippen LogP contribution in [0.2, 0.25) is 0 Å². The molecular formula is C15H14N2O2S. The molecule has 20 heavy (non-hydrogen) atoms. The van der Waals surface area contributed by atoms with E-state index in [1.165, 1.54) is 23.8 Å². The number of carbonyl (C=O) groups excluding carboxylic acids is 2. The number of thiophene rings is 1. The highest BCUT2D eigenvalue weighted by atomic mass is 32.1. The van der Waals surface area contributed by atoms with Gasteiger partial charge in [0.05, 0.1) is 9.88 Å². The van der Waals surface area contributed by atoms with E-state index in [1.807, 2.05) is 18.2 Å². The molecule has 1 aliphatic heterocycles. The molecule has 0 unspecified atom stereocenters. The first kappa shape index (κ1) is 12.9. The zero-order valence-electron chi connectivity index (χ0n) is 11.1. The Kier molecular flexibility index (Phi) is 3.28. The van der Waals surface area contributed by atoms with Crippen LogP contribution in [0.25, 0.3) is 0 Å². The Morgan fingerprint density at radius 2 is 2.00 bits per heavy atom. The molecule has 4 nitrogen and oxygen atoms in total. The van der Waals surface area contributed by atoms with Crippen LogP contribution in [0, 0.1) is 0 Å². The number of hydrogen-bond donors (Lipinski definition) is 1. The summed E-state index contributed by atoms with van der Waals surface area (Å²) >= 11 is 1.31. The van der Waals surface area contributed by atoms with E-state index in [2.05, 4.69) is 11.4 Å². The van der Waals surface area contributed by atoms with Gasteiger partial charge in [-0.3, -0.25) is 9.59 Å². The minimum atomic E-state index is -0.127. The van der Waals surface area contributed by atoms with Crippen LogP contribution in [0.4, 0.5) is 10.7 Å². The third-order valence-electron chi connectivity index (χ3n) is 3.25. The Bertz CT molecular complexity index is 678. The molecule has 3 rings (SSSR count). The number of benzene rings is 1. The van der Waals surface area contributed by atoms with Crippen molar-refractivity contribution in [1.29, 1.82) is 0 Å². The zero-order valence-corrected chi connectivity index (χ0v) is 11.9. The molecule has 1 N–H and O–H groups in total. The number of anilines is 2. The lowest BCUT2D eigenvalue weighted by atomic mass is 10.2. The van der Waals surface area contributed by atoms with Gasteiger partial charge in [0, 0.05) is 19.2 Å². The number of nitrogens with zero attached hydrogens (tertiary/aromatic N) is 1. The summed E-state index contributed by atoms with van der Waals surface area (Å²) in [5.74, 6) is -0.131. The van der Waals surface area contributed by atoms with Gasteiger partial charge >= 0.3 is 0 Å². The van der Waals surface area contributed by atoms with Crippen LogP contribution in [-0.4, -0.2) is 18.4 Å². The first-order chi connectivity index (χ1) is 9.65. The predicted octanol–water partition coefficient (Wildman–Crippen LogP) is 2.91. The second kappa shape index (κ2) is 5.09. The van der Waals surface area contributed by atoms with Gasteiger partial charge in [-0.25, -0.2) is 0 Å². The first-order valence-electron chi connectivity index (χ1n) is 6.42. The molecule has 1 aliphatic rings. The molecule has 102 valence electrons. The van der Waals surface area contributed by atoms with Gasteiger partial charge in [0.15, 0.2) is 0 Å². The quantitative estimate of drug-likeness (QED) is 0.922. The molecule has 2 heterocycles. The summed E-state index contributed by atoms with van der Waals surface area (Å²) in [6.07, 6.45) is 0.895. The SMILES string of the molecule is CC(=O)Nc1ccc(C(=O)N2CCc3ccccc32)s1. The van der Waals surface area contributed by atoms with E-state index in [4.69, 9.17) is 0 Å². The number of nitrogens with one attached hydrogen (secondary N) is 1. The van der Waals surface area contributed by atoms with E-state index >= 15 is 0 Å². The van der Waals surface area contributed by atoms with Gasteiger partial charge in [0.2, 0.25) is 5.91 Å². The predicted molar refractivity (Wildman–Crippen MR) is 80.4 cm³/mol. The molecule has 0 spiro atoms. The standard InChI is InChI=1S/C15H14N2O2S/c1-10(18)16-14-7-6-13(20-14)15(19)17-9-8-11-4-2-3-5-12(11)17/h2-7H,8-9H2,1H3,(H,16,18). The monoisotopic (exact) mass is 286 g/mol. The fourth-order valence-electron chi connectivity index (χ4n) is 2.38. The van der Waals surface area contributed by atoms with E-state index in [1.54, 1.807) is 17.0 Å². The highest BCUT2D eigenvalue weighted by Crippen LogP contribution is 2.31. The molecule has 0 aliphatic carbocycles. The topological polar surface area (TPSA) is 49.4 Å². The van der Waals surface area contributed by atoms with E-state index in [0.29, 0.717) is 16.4 Å². The Balaban J connectivity index is 1.83. The van der Waals surface area contributed by atoms with Crippen LogP contribution in [0.15, 0.2) is 36.4 Å². The maximum absolute atomic E-state index is 12.5. The van der Waals surface area contributed by atoms with Crippen molar-refractivity contribution in [2.24, 2.45) is 0 Å². The number of hydrogen-bond acceptors (Lipinski definition) is 3. The van der Waals surface area contributed by atoms with Crippen molar-refractivity contribution >= 4 is 33.8 Å². The minimum Gasteiger partial charge on any atom is -0.318 e. The van der Waals surface area contributed by atoms with Crippen molar-refractivity contribution in [1.82, 2.24) is 0 Å². The average Bonchev–Trinajstić information content (AvgIpc) is 3.03. The highest BCUT2D eigenvalue weighted by molar-refractivity contribution is 7.18. The second-order valence-corrected chi connectivity index (χ2v) is 5.76. The number of fused-ring (bicyclic) bond motifs is 1. The summed E-state index contributed by atoms with van der Waals surface area (Å²) in [6.45, 7) is 2.17. The van der Waals surface area contributed by atoms with E-state index in [0.717, 1.165) is 12.1 Å². The summed E-state index contributed by atoms with van der Waals surface area (Å²) in [5.41, 5.74) is 2.20. The van der Waals surface area contributed by atoms with Gasteiger partial charge in [0.1, 0.15) is 0 Å². The Morgan fingerprint density at radius 3 is 2.80 bits per heavy atom. The summed E-state index contributed by atoms with van der Waals surface area (Å²) in [5, 5.41) is 3.40. The van der Waals surface area contributed by atoms with Gasteiger partial charge in [-0.05, 0) is 30.2 Å². The molecule has 0 saturated carbocycles. The lowest BCUT2D eigenvalue weighted by molar-refractivity contribution is -0.114. The third-order valence-corrected chi connectivity index (χ3v) is 4.24. The van der Waals surface area contributed by atoms with E-state index in [-0.39, 0.29) is 11.8 Å². The van der Waals surface area contributed by atoms with Gasteiger partial charge < -0.3 is 10.2 Å². The van der Waals surface area contributed by atoms with Crippen LogP contribution in [-0.2, 0) is 11.2 Å². The maximum Gasteiger partial charge on any atom is 0.268 e. The summed E-state index contributed by atoms with van der Waals surface area (Å²) in [7, 11) is 0. The molecule has 0 saturated heterocycles. The molecule has 2 amide bonds. The smallest absolute Gasteiger partial charge is 0.268 e. The normalized spacial score (nSPS) is 13.2. The second-order valence-electron chi connectivity index (χ2n) is 4.68. The van der Waals surface area contributed by atoms with Crippen LogP contribution >= 0.6 is 11.3 Å². The minimum absolute atomic E-state index is 0.00319. The van der Waals surface area contributed by atoms with Crippen LogP contribution in [0.3, 0.4) is 0 Å². The van der Waals surface area contributed by atoms with Crippen LogP contribution in [0.5, 0.6) is 0 Å². The molecule has 5 heteroatoms. The van der Waals surface area contributed by atoms with Crippen molar-refractivity contribution in [3.05, 3.63) is 46.8 Å². The number of rotatable bonds is 2. The van der Waals surface area contributed by atoms with Crippen LogP contribution < -0.4 is 10.2 Å². The Hall–Kier alpha value is -2.14. The molecule has 1 aromatic carbocycles. The molecule has 0 bridgehead atoms. The fraction of sp³-hybridized carbons (Fsp3) is 0.200. The zero-order chi connectivity index (χ0) is 14.1. The molecule has 0 atom stereocenters.